The maximum Gasteiger partial charge on any atom is 0.263 e. The van der Waals surface area contributed by atoms with Crippen LogP contribution in [0.15, 0.2) is 24.3 Å². The number of quaternary nitrogens is 1. The highest BCUT2D eigenvalue weighted by Gasteiger charge is 2.33. The molecule has 1 aromatic heterocycles. The van der Waals surface area contributed by atoms with E-state index in [4.69, 9.17) is 4.74 Å². The van der Waals surface area contributed by atoms with Crippen LogP contribution in [0.25, 0.3) is 0 Å². The van der Waals surface area contributed by atoms with Crippen LogP contribution < -0.4 is 14.5 Å². The predicted molar refractivity (Wildman–Crippen MR) is 95.1 cm³/mol. The van der Waals surface area contributed by atoms with Gasteiger partial charge in [0.05, 0.1) is 13.7 Å². The van der Waals surface area contributed by atoms with Gasteiger partial charge in [-0.1, -0.05) is 0 Å². The Morgan fingerprint density at radius 1 is 1.33 bits per heavy atom. The Morgan fingerprint density at radius 3 is 2.67 bits per heavy atom. The van der Waals surface area contributed by atoms with E-state index in [0.717, 1.165) is 17.3 Å². The van der Waals surface area contributed by atoms with Crippen LogP contribution >= 0.6 is 11.3 Å². The molecule has 1 atom stereocenters. The van der Waals surface area contributed by atoms with Crippen molar-refractivity contribution in [2.75, 3.05) is 31.8 Å². The Balaban J connectivity index is 1.95. The van der Waals surface area contributed by atoms with Gasteiger partial charge in [-0.25, -0.2) is 0 Å². The topological polar surface area (TPSA) is 54.2 Å². The molecule has 6 heteroatoms. The number of nitrogens with one attached hydrogen (secondary N) is 1. The minimum absolute atomic E-state index is 0.00436. The lowest BCUT2D eigenvalue weighted by Crippen LogP contribution is -3.13. The molecule has 0 fully saturated rings. The number of rotatable bonds is 4. The lowest BCUT2D eigenvalue weighted by Gasteiger charge is -2.32. The number of carbonyl (C=O) groups is 1. The van der Waals surface area contributed by atoms with E-state index in [9.17, 15) is 9.90 Å². The number of amides is 1. The number of thiophene rings is 1. The average Bonchev–Trinajstić information content (AvgIpc) is 2.89. The number of hydrogen-bond donors (Lipinski definition) is 2. The standard InChI is InChI=1S/C18H22N2O3S/c1-12-13(2)24-18-16(12)10-19(8-9-21)11-20(18)17(22)14-4-6-15(23-3)7-5-14/h4-7,21H,8-11H2,1-3H3/p+1. The first-order chi connectivity index (χ1) is 11.5. The van der Waals surface area contributed by atoms with Crippen molar-refractivity contribution in [3.63, 3.8) is 0 Å². The zero-order chi connectivity index (χ0) is 17.3. The SMILES string of the molecule is COc1ccc(C(=O)N2C[NH+](CCO)Cc3c2sc(C)c3C)cc1. The average molecular weight is 347 g/mol. The lowest BCUT2D eigenvalue weighted by molar-refractivity contribution is -0.914. The molecule has 24 heavy (non-hydrogen) atoms. The van der Waals surface area contributed by atoms with Gasteiger partial charge in [0.25, 0.3) is 5.91 Å². The summed E-state index contributed by atoms with van der Waals surface area (Å²) in [6.07, 6.45) is 0. The van der Waals surface area contributed by atoms with Crippen molar-refractivity contribution in [1.29, 1.82) is 0 Å². The number of benzene rings is 1. The molecule has 1 aliphatic heterocycles. The van der Waals surface area contributed by atoms with Crippen molar-refractivity contribution in [3.8, 4) is 5.75 Å². The van der Waals surface area contributed by atoms with E-state index < -0.39 is 0 Å². The third-order valence-electron chi connectivity index (χ3n) is 4.59. The molecule has 0 bridgehead atoms. The second kappa shape index (κ2) is 6.93. The zero-order valence-corrected chi connectivity index (χ0v) is 15.1. The molecule has 3 rings (SSSR count). The number of aliphatic hydroxyl groups is 1. The van der Waals surface area contributed by atoms with E-state index in [1.54, 1.807) is 42.7 Å². The number of nitrogens with zero attached hydrogens (tertiary/aromatic N) is 1. The molecule has 1 unspecified atom stereocenters. The summed E-state index contributed by atoms with van der Waals surface area (Å²) in [6, 6.07) is 7.21. The second-order valence-corrected chi connectivity index (χ2v) is 7.29. The van der Waals surface area contributed by atoms with E-state index in [1.807, 2.05) is 4.90 Å². The van der Waals surface area contributed by atoms with Gasteiger partial charge in [0.15, 0.2) is 6.67 Å². The summed E-state index contributed by atoms with van der Waals surface area (Å²) in [7, 11) is 1.61. The van der Waals surface area contributed by atoms with Crippen LogP contribution in [0.3, 0.4) is 0 Å². The predicted octanol–water partition coefficient (Wildman–Crippen LogP) is 1.37. The van der Waals surface area contributed by atoms with Gasteiger partial charge in [-0.3, -0.25) is 9.69 Å². The van der Waals surface area contributed by atoms with Crippen LogP contribution in [0, 0.1) is 13.8 Å². The lowest BCUT2D eigenvalue weighted by atomic mass is 10.1. The molecule has 0 saturated carbocycles. The third kappa shape index (κ3) is 3.05. The number of anilines is 1. The van der Waals surface area contributed by atoms with Gasteiger partial charge in [0.2, 0.25) is 0 Å². The number of carbonyl (C=O) groups excluding carboxylic acids is 1. The van der Waals surface area contributed by atoms with E-state index in [2.05, 4.69) is 13.8 Å². The summed E-state index contributed by atoms with van der Waals surface area (Å²) in [5.74, 6) is 0.733. The van der Waals surface area contributed by atoms with Gasteiger partial charge in [0, 0.05) is 16.0 Å². The Bertz CT molecular complexity index is 739. The van der Waals surface area contributed by atoms with Crippen molar-refractivity contribution in [1.82, 2.24) is 0 Å². The van der Waals surface area contributed by atoms with Gasteiger partial charge >= 0.3 is 0 Å². The van der Waals surface area contributed by atoms with Crippen molar-refractivity contribution in [2.45, 2.75) is 20.4 Å². The van der Waals surface area contributed by atoms with Gasteiger partial charge in [-0.15, -0.1) is 11.3 Å². The molecular formula is C18H23N2O3S+. The van der Waals surface area contributed by atoms with Crippen LogP contribution in [0.5, 0.6) is 5.75 Å². The first-order valence-electron chi connectivity index (χ1n) is 8.04. The summed E-state index contributed by atoms with van der Waals surface area (Å²) < 4.78 is 5.16. The maximum absolute atomic E-state index is 13.0. The van der Waals surface area contributed by atoms with Crippen LogP contribution in [0.1, 0.15) is 26.4 Å². The van der Waals surface area contributed by atoms with Crippen LogP contribution in [0.2, 0.25) is 0 Å². The molecule has 0 saturated heterocycles. The quantitative estimate of drug-likeness (QED) is 0.878. The van der Waals surface area contributed by atoms with E-state index in [1.165, 1.54) is 20.9 Å². The summed E-state index contributed by atoms with van der Waals surface area (Å²) in [4.78, 5) is 17.4. The van der Waals surface area contributed by atoms with Gasteiger partial charge in [0.1, 0.15) is 23.8 Å². The molecule has 0 spiro atoms. The highest BCUT2D eigenvalue weighted by Crippen LogP contribution is 2.36. The van der Waals surface area contributed by atoms with Crippen molar-refractivity contribution in [2.24, 2.45) is 0 Å². The number of aryl methyl sites for hydroxylation is 1. The first-order valence-corrected chi connectivity index (χ1v) is 8.86. The molecule has 0 radical (unpaired) electrons. The number of methoxy groups -OCH3 is 1. The summed E-state index contributed by atoms with van der Waals surface area (Å²) in [5, 5.41) is 10.4. The van der Waals surface area contributed by atoms with E-state index in [0.29, 0.717) is 18.8 Å². The molecule has 1 amide bonds. The van der Waals surface area contributed by atoms with Crippen LogP contribution in [-0.2, 0) is 6.54 Å². The molecule has 2 heterocycles. The molecule has 1 aliphatic rings. The second-order valence-electron chi connectivity index (χ2n) is 6.09. The van der Waals surface area contributed by atoms with Crippen LogP contribution in [0.4, 0.5) is 5.00 Å². The minimum Gasteiger partial charge on any atom is -0.497 e. The molecule has 5 nitrogen and oxygen atoms in total. The molecular weight excluding hydrogens is 324 g/mol. The monoisotopic (exact) mass is 347 g/mol. The minimum atomic E-state index is -0.00436. The Kier molecular flexibility index (Phi) is 4.89. The van der Waals surface area contributed by atoms with Gasteiger partial charge in [-0.05, 0) is 43.7 Å². The Hall–Kier alpha value is -1.89. The van der Waals surface area contributed by atoms with Crippen molar-refractivity contribution in [3.05, 3.63) is 45.8 Å². The van der Waals surface area contributed by atoms with Gasteiger partial charge in [-0.2, -0.15) is 0 Å². The number of ether oxygens (including phenoxy) is 1. The van der Waals surface area contributed by atoms with Crippen molar-refractivity contribution < 1.29 is 19.5 Å². The Labute approximate surface area is 146 Å². The number of hydrogen-bond acceptors (Lipinski definition) is 4. The smallest absolute Gasteiger partial charge is 0.263 e. The van der Waals surface area contributed by atoms with Crippen LogP contribution in [-0.4, -0.2) is 37.9 Å². The first kappa shape index (κ1) is 17.0. The highest BCUT2D eigenvalue weighted by atomic mass is 32.1. The Morgan fingerprint density at radius 2 is 2.04 bits per heavy atom. The fourth-order valence-electron chi connectivity index (χ4n) is 3.06. The van der Waals surface area contributed by atoms with E-state index >= 15 is 0 Å². The highest BCUT2D eigenvalue weighted by molar-refractivity contribution is 7.16. The van der Waals surface area contributed by atoms with Crippen molar-refractivity contribution >= 4 is 22.2 Å². The molecule has 128 valence electrons. The van der Waals surface area contributed by atoms with Gasteiger partial charge < -0.3 is 14.7 Å². The molecule has 1 aromatic carbocycles. The largest absolute Gasteiger partial charge is 0.497 e. The molecule has 2 N–H and O–H groups in total. The summed E-state index contributed by atoms with van der Waals surface area (Å²) in [6.45, 7) is 6.41. The fraction of sp³-hybridized carbons (Fsp3) is 0.389. The normalized spacial score (nSPS) is 16.8. The molecule has 0 aliphatic carbocycles. The number of aliphatic hydroxyl groups excluding tert-OH is 1. The van der Waals surface area contributed by atoms with E-state index in [-0.39, 0.29) is 12.5 Å². The zero-order valence-electron chi connectivity index (χ0n) is 14.3. The molecule has 2 aromatic rings. The fourth-order valence-corrected chi connectivity index (χ4v) is 4.24. The summed E-state index contributed by atoms with van der Waals surface area (Å²) >= 11 is 1.68. The maximum atomic E-state index is 13.0. The number of fused-ring (bicyclic) bond motifs is 1. The third-order valence-corrected chi connectivity index (χ3v) is 5.86. The summed E-state index contributed by atoms with van der Waals surface area (Å²) in [5.41, 5.74) is 3.14.